The number of fused-ring (bicyclic) bond motifs is 3. The van der Waals surface area contributed by atoms with Crippen LogP contribution in [-0.4, -0.2) is 21.5 Å². The minimum atomic E-state index is 0.713. The van der Waals surface area contributed by atoms with Gasteiger partial charge in [0.15, 0.2) is 0 Å². The number of hydrogen-bond acceptors (Lipinski definition) is 3. The lowest BCUT2D eigenvalue weighted by molar-refractivity contribution is 0.415. The summed E-state index contributed by atoms with van der Waals surface area (Å²) in [6.07, 6.45) is 1.79. The van der Waals surface area contributed by atoms with E-state index in [4.69, 9.17) is 4.74 Å². The molecule has 2 aromatic carbocycles. The van der Waals surface area contributed by atoms with E-state index in [-0.39, 0.29) is 0 Å². The molecule has 0 atom stereocenters. The molecule has 0 N–H and O–H groups in total. The smallest absolute Gasteiger partial charge is 0.235 e. The van der Waals surface area contributed by atoms with E-state index in [1.165, 1.54) is 0 Å². The zero-order valence-electron chi connectivity index (χ0n) is 11.5. The third-order valence-electron chi connectivity index (χ3n) is 3.59. The van der Waals surface area contributed by atoms with Gasteiger partial charge in [-0.3, -0.25) is 4.40 Å². The number of para-hydroxylation sites is 2. The van der Waals surface area contributed by atoms with Crippen molar-refractivity contribution in [1.29, 1.82) is 0 Å². The minimum Gasteiger partial charge on any atom is -0.497 e. The van der Waals surface area contributed by atoms with Crippen LogP contribution in [0.3, 0.4) is 0 Å². The average Bonchev–Trinajstić information content (AvgIpc) is 2.93. The predicted octanol–water partition coefficient (Wildman–Crippen LogP) is 3.56. The van der Waals surface area contributed by atoms with Gasteiger partial charge in [-0.25, -0.2) is 9.97 Å². The molecule has 0 saturated carbocycles. The van der Waals surface area contributed by atoms with Gasteiger partial charge in [0.05, 0.1) is 23.8 Å². The molecule has 0 amide bonds. The van der Waals surface area contributed by atoms with Crippen LogP contribution in [0.5, 0.6) is 5.75 Å². The van der Waals surface area contributed by atoms with Gasteiger partial charge >= 0.3 is 0 Å². The Morgan fingerprint density at radius 2 is 1.76 bits per heavy atom. The zero-order chi connectivity index (χ0) is 14.2. The second-order valence-electron chi connectivity index (χ2n) is 4.79. The predicted molar refractivity (Wildman–Crippen MR) is 82.5 cm³/mol. The maximum atomic E-state index is 5.22. The minimum absolute atomic E-state index is 0.713. The number of hydrogen-bond donors (Lipinski definition) is 0. The SMILES string of the molecule is COc1ccc(-c2ccnc3nc4ccccc4n23)cc1. The van der Waals surface area contributed by atoms with E-state index < -0.39 is 0 Å². The van der Waals surface area contributed by atoms with Crippen molar-refractivity contribution in [2.45, 2.75) is 0 Å². The first-order valence-corrected chi connectivity index (χ1v) is 6.73. The van der Waals surface area contributed by atoms with Crippen molar-refractivity contribution in [2.24, 2.45) is 0 Å². The molecule has 2 heterocycles. The molecule has 21 heavy (non-hydrogen) atoms. The number of methoxy groups -OCH3 is 1. The first kappa shape index (κ1) is 11.9. The van der Waals surface area contributed by atoms with Crippen LogP contribution in [0.15, 0.2) is 60.8 Å². The maximum Gasteiger partial charge on any atom is 0.235 e. The van der Waals surface area contributed by atoms with Crippen molar-refractivity contribution in [2.75, 3.05) is 7.11 Å². The van der Waals surface area contributed by atoms with Crippen molar-refractivity contribution in [3.63, 3.8) is 0 Å². The van der Waals surface area contributed by atoms with Gasteiger partial charge in [-0.15, -0.1) is 0 Å². The molecule has 4 nitrogen and oxygen atoms in total. The normalized spacial score (nSPS) is 11.1. The molecule has 0 fully saturated rings. The van der Waals surface area contributed by atoms with Gasteiger partial charge in [-0.05, 0) is 48.0 Å². The Labute approximate surface area is 121 Å². The summed E-state index contributed by atoms with van der Waals surface area (Å²) >= 11 is 0. The van der Waals surface area contributed by atoms with E-state index in [0.29, 0.717) is 5.78 Å². The van der Waals surface area contributed by atoms with E-state index in [1.807, 2.05) is 48.5 Å². The highest BCUT2D eigenvalue weighted by atomic mass is 16.5. The number of nitrogens with zero attached hydrogens (tertiary/aromatic N) is 3. The summed E-state index contributed by atoms with van der Waals surface area (Å²) in [4.78, 5) is 8.93. The Morgan fingerprint density at radius 1 is 0.952 bits per heavy atom. The molecule has 0 aliphatic carbocycles. The molecule has 0 aliphatic heterocycles. The number of ether oxygens (including phenoxy) is 1. The molecule has 4 rings (SSSR count). The van der Waals surface area contributed by atoms with E-state index >= 15 is 0 Å². The fourth-order valence-corrected chi connectivity index (χ4v) is 2.57. The molecule has 4 aromatic rings. The lowest BCUT2D eigenvalue weighted by Gasteiger charge is -2.07. The van der Waals surface area contributed by atoms with E-state index in [9.17, 15) is 0 Å². The molecular weight excluding hydrogens is 262 g/mol. The van der Waals surface area contributed by atoms with Gasteiger partial charge in [-0.1, -0.05) is 12.1 Å². The highest BCUT2D eigenvalue weighted by molar-refractivity contribution is 5.82. The second-order valence-corrected chi connectivity index (χ2v) is 4.79. The summed E-state index contributed by atoms with van der Waals surface area (Å²) < 4.78 is 7.30. The fraction of sp³-hybridized carbons (Fsp3) is 0.0588. The molecule has 102 valence electrons. The average molecular weight is 275 g/mol. The molecule has 0 aliphatic rings. The Bertz CT molecular complexity index is 926. The largest absolute Gasteiger partial charge is 0.497 e. The first-order valence-electron chi connectivity index (χ1n) is 6.73. The van der Waals surface area contributed by atoms with Crippen LogP contribution in [0.25, 0.3) is 28.1 Å². The second kappa shape index (κ2) is 4.59. The molecule has 4 heteroatoms. The van der Waals surface area contributed by atoms with E-state index in [1.54, 1.807) is 13.3 Å². The highest BCUT2D eigenvalue weighted by Crippen LogP contribution is 2.26. The van der Waals surface area contributed by atoms with Gasteiger partial charge in [0.25, 0.3) is 0 Å². The summed E-state index contributed by atoms with van der Waals surface area (Å²) in [6, 6.07) is 18.1. The van der Waals surface area contributed by atoms with Crippen LogP contribution < -0.4 is 4.74 Å². The van der Waals surface area contributed by atoms with Crippen LogP contribution in [-0.2, 0) is 0 Å². The number of aromatic nitrogens is 3. The van der Waals surface area contributed by atoms with Crippen molar-refractivity contribution in [3.05, 3.63) is 60.8 Å². The molecule has 0 saturated heterocycles. The zero-order valence-corrected chi connectivity index (χ0v) is 11.5. The molecule has 0 bridgehead atoms. The van der Waals surface area contributed by atoms with Gasteiger partial charge in [0, 0.05) is 6.20 Å². The number of benzene rings is 2. The van der Waals surface area contributed by atoms with Crippen LogP contribution in [0.2, 0.25) is 0 Å². The van der Waals surface area contributed by atoms with E-state index in [2.05, 4.69) is 20.4 Å². The topological polar surface area (TPSA) is 39.4 Å². The summed E-state index contributed by atoms with van der Waals surface area (Å²) in [5, 5.41) is 0. The summed E-state index contributed by atoms with van der Waals surface area (Å²) in [5.41, 5.74) is 4.18. The van der Waals surface area contributed by atoms with Crippen LogP contribution in [0.4, 0.5) is 0 Å². The van der Waals surface area contributed by atoms with Crippen LogP contribution in [0, 0.1) is 0 Å². The number of rotatable bonds is 2. The number of imidazole rings is 1. The Kier molecular flexibility index (Phi) is 2.60. The molecular formula is C17H13N3O. The third kappa shape index (κ3) is 1.84. The van der Waals surface area contributed by atoms with Gasteiger partial charge in [0.2, 0.25) is 5.78 Å². The Hall–Kier alpha value is -2.88. The van der Waals surface area contributed by atoms with Crippen LogP contribution in [0.1, 0.15) is 0 Å². The van der Waals surface area contributed by atoms with Gasteiger partial charge < -0.3 is 4.74 Å². The standard InChI is InChI=1S/C17H13N3O/c1-21-13-8-6-12(7-9-13)15-10-11-18-17-19-14-4-2-3-5-16(14)20(15)17/h2-11H,1H3. The fourth-order valence-electron chi connectivity index (χ4n) is 2.57. The van der Waals surface area contributed by atoms with Crippen molar-refractivity contribution < 1.29 is 4.74 Å². The van der Waals surface area contributed by atoms with Crippen molar-refractivity contribution >= 4 is 16.8 Å². The van der Waals surface area contributed by atoms with E-state index in [0.717, 1.165) is 28.0 Å². The summed E-state index contributed by atoms with van der Waals surface area (Å²) in [6.45, 7) is 0. The van der Waals surface area contributed by atoms with Crippen molar-refractivity contribution in [1.82, 2.24) is 14.4 Å². The summed E-state index contributed by atoms with van der Waals surface area (Å²) in [5.74, 6) is 1.56. The lowest BCUT2D eigenvalue weighted by Crippen LogP contribution is -1.94. The highest BCUT2D eigenvalue weighted by Gasteiger charge is 2.10. The quantitative estimate of drug-likeness (QED) is 0.561. The molecule has 0 spiro atoms. The Balaban J connectivity index is 2.03. The monoisotopic (exact) mass is 275 g/mol. The molecule has 2 aromatic heterocycles. The maximum absolute atomic E-state index is 5.22. The van der Waals surface area contributed by atoms with Gasteiger partial charge in [-0.2, -0.15) is 0 Å². The van der Waals surface area contributed by atoms with Crippen LogP contribution >= 0.6 is 0 Å². The van der Waals surface area contributed by atoms with Gasteiger partial charge in [0.1, 0.15) is 5.75 Å². The summed E-state index contributed by atoms with van der Waals surface area (Å²) in [7, 11) is 1.67. The van der Waals surface area contributed by atoms with Crippen molar-refractivity contribution in [3.8, 4) is 17.0 Å². The lowest BCUT2D eigenvalue weighted by atomic mass is 10.1. The Morgan fingerprint density at radius 3 is 2.57 bits per heavy atom. The third-order valence-corrected chi connectivity index (χ3v) is 3.59. The molecule has 0 radical (unpaired) electrons. The first-order chi connectivity index (χ1) is 10.4. The molecule has 0 unspecified atom stereocenters.